The Bertz CT molecular complexity index is 181. The summed E-state index contributed by atoms with van der Waals surface area (Å²) in [5.41, 5.74) is 0. The highest BCUT2D eigenvalue weighted by Gasteiger charge is 2.16. The minimum absolute atomic E-state index is 0.701. The molecule has 0 heterocycles. The quantitative estimate of drug-likeness (QED) is 0.358. The van der Waals surface area contributed by atoms with Crippen molar-refractivity contribution in [3.05, 3.63) is 11.8 Å². The molecule has 0 aromatic carbocycles. The molecule has 0 rings (SSSR count). The Morgan fingerprint density at radius 2 is 2.09 bits per heavy atom. The molecule has 0 saturated carbocycles. The maximum Gasteiger partial charge on any atom is 0.243 e. The molecule has 0 unspecified atom stereocenters. The molecule has 0 aromatic rings. The van der Waals surface area contributed by atoms with E-state index in [2.05, 4.69) is 25.6 Å². The van der Waals surface area contributed by atoms with E-state index in [9.17, 15) is 0 Å². The minimum atomic E-state index is -1.49. The van der Waals surface area contributed by atoms with Crippen molar-refractivity contribution in [2.75, 3.05) is 0 Å². The molecule has 0 aliphatic carbocycles. The first-order chi connectivity index (χ1) is 4.99. The molecule has 0 N–H and O–H groups in total. The van der Waals surface area contributed by atoms with Crippen LogP contribution in [0.2, 0.25) is 19.6 Å². The van der Waals surface area contributed by atoms with Crippen LogP contribution in [0.1, 0.15) is 13.3 Å². The lowest BCUT2D eigenvalue weighted by Crippen LogP contribution is -2.24. The van der Waals surface area contributed by atoms with Gasteiger partial charge >= 0.3 is 0 Å². The predicted molar refractivity (Wildman–Crippen MR) is 51.6 cm³/mol. The molecule has 2 heteroatoms. The van der Waals surface area contributed by atoms with Gasteiger partial charge in [-0.1, -0.05) is 6.92 Å². The van der Waals surface area contributed by atoms with Gasteiger partial charge in [0.1, 0.15) is 0 Å². The Morgan fingerprint density at radius 3 is 2.36 bits per heavy atom. The second-order valence-electron chi connectivity index (χ2n) is 3.34. The highest BCUT2D eigenvalue weighted by atomic mass is 28.4. The number of allylic oxidation sites excluding steroid dienone is 2. The van der Waals surface area contributed by atoms with Crippen molar-refractivity contribution in [3.63, 3.8) is 0 Å². The van der Waals surface area contributed by atoms with Crippen LogP contribution in [0, 0.1) is 12.3 Å². The Labute approximate surface area is 70.6 Å². The van der Waals surface area contributed by atoms with Crippen molar-refractivity contribution >= 4 is 8.32 Å². The van der Waals surface area contributed by atoms with Crippen LogP contribution in [-0.4, -0.2) is 8.32 Å². The second kappa shape index (κ2) is 4.25. The summed E-state index contributed by atoms with van der Waals surface area (Å²) in [6.45, 7) is 8.40. The maximum absolute atomic E-state index is 5.59. The Balaban J connectivity index is 4.13. The van der Waals surface area contributed by atoms with Gasteiger partial charge < -0.3 is 4.43 Å². The molecule has 0 atom stereocenters. The van der Waals surface area contributed by atoms with Crippen molar-refractivity contribution in [3.8, 4) is 12.3 Å². The zero-order valence-electron chi connectivity index (χ0n) is 7.77. The number of rotatable bonds is 3. The van der Waals surface area contributed by atoms with Crippen LogP contribution in [-0.2, 0) is 4.43 Å². The van der Waals surface area contributed by atoms with Gasteiger partial charge in [0.25, 0.3) is 0 Å². The van der Waals surface area contributed by atoms with Gasteiger partial charge in [0, 0.05) is 0 Å². The minimum Gasteiger partial charge on any atom is -0.539 e. The van der Waals surface area contributed by atoms with Gasteiger partial charge in [-0.2, -0.15) is 0 Å². The van der Waals surface area contributed by atoms with E-state index in [0.717, 1.165) is 6.42 Å². The second-order valence-corrected chi connectivity index (χ2v) is 7.76. The Hall–Kier alpha value is -0.683. The molecule has 0 spiro atoms. The average Bonchev–Trinajstić information content (AvgIpc) is 1.84. The summed E-state index contributed by atoms with van der Waals surface area (Å²) in [5.74, 6) is 3.23. The summed E-state index contributed by atoms with van der Waals surface area (Å²) >= 11 is 0. The summed E-state index contributed by atoms with van der Waals surface area (Å²) < 4.78 is 5.59. The zero-order chi connectivity index (χ0) is 8.91. The Kier molecular flexibility index (Phi) is 3.98. The van der Waals surface area contributed by atoms with E-state index in [4.69, 9.17) is 10.8 Å². The molecule has 0 bridgehead atoms. The third-order valence-electron chi connectivity index (χ3n) is 0.948. The monoisotopic (exact) mass is 168 g/mol. The molecule has 11 heavy (non-hydrogen) atoms. The van der Waals surface area contributed by atoms with Crippen LogP contribution in [0.5, 0.6) is 0 Å². The fourth-order valence-electron chi connectivity index (χ4n) is 0.645. The molecular formula is C9H16OSi. The molecule has 0 radical (unpaired) electrons. The normalized spacial score (nSPS) is 12.5. The molecule has 1 nitrogen and oxygen atoms in total. The van der Waals surface area contributed by atoms with Gasteiger partial charge in [-0.25, -0.2) is 0 Å². The van der Waals surface area contributed by atoms with Gasteiger partial charge in [0.05, 0.1) is 0 Å². The van der Waals surface area contributed by atoms with Crippen LogP contribution >= 0.6 is 0 Å². The van der Waals surface area contributed by atoms with Crippen molar-refractivity contribution < 1.29 is 4.43 Å². The zero-order valence-corrected chi connectivity index (χ0v) is 8.77. The standard InChI is InChI=1S/C9H16OSi/c1-6-8-9(7-2)10-11(3,4)5/h2,8H,6H2,1,3-5H3. The highest BCUT2D eigenvalue weighted by molar-refractivity contribution is 6.70. The number of terminal acetylenes is 1. The van der Waals surface area contributed by atoms with E-state index in [1.165, 1.54) is 0 Å². The van der Waals surface area contributed by atoms with Gasteiger partial charge in [0.15, 0.2) is 5.76 Å². The predicted octanol–water partition coefficient (Wildman–Crippen LogP) is 2.77. The van der Waals surface area contributed by atoms with Gasteiger partial charge in [-0.05, 0) is 38.1 Å². The van der Waals surface area contributed by atoms with Gasteiger partial charge in [-0.3, -0.25) is 0 Å². The van der Waals surface area contributed by atoms with Crippen LogP contribution < -0.4 is 0 Å². The van der Waals surface area contributed by atoms with E-state index < -0.39 is 8.32 Å². The fraction of sp³-hybridized carbons (Fsp3) is 0.556. The molecule has 0 amide bonds. The number of hydrogen-bond donors (Lipinski definition) is 0. The van der Waals surface area contributed by atoms with Crippen LogP contribution in [0.3, 0.4) is 0 Å². The van der Waals surface area contributed by atoms with Crippen LogP contribution in [0.4, 0.5) is 0 Å². The molecule has 62 valence electrons. The summed E-state index contributed by atoms with van der Waals surface area (Å²) in [4.78, 5) is 0. The van der Waals surface area contributed by atoms with E-state index >= 15 is 0 Å². The van der Waals surface area contributed by atoms with Gasteiger partial charge in [-0.15, -0.1) is 6.42 Å². The van der Waals surface area contributed by atoms with Crippen molar-refractivity contribution in [1.82, 2.24) is 0 Å². The SMILES string of the molecule is C#CC(=CCC)O[Si](C)(C)C. The first kappa shape index (κ1) is 10.3. The maximum atomic E-state index is 5.59. The van der Waals surface area contributed by atoms with Crippen LogP contribution in [0.15, 0.2) is 11.8 Å². The lowest BCUT2D eigenvalue weighted by molar-refractivity contribution is 0.445. The van der Waals surface area contributed by atoms with Crippen LogP contribution in [0.25, 0.3) is 0 Å². The van der Waals surface area contributed by atoms with Crippen molar-refractivity contribution in [2.45, 2.75) is 33.0 Å². The average molecular weight is 168 g/mol. The van der Waals surface area contributed by atoms with Crippen molar-refractivity contribution in [1.29, 1.82) is 0 Å². The lowest BCUT2D eigenvalue weighted by Gasteiger charge is -2.18. The molecule has 0 aliphatic rings. The molecule has 0 saturated heterocycles. The molecule has 0 aliphatic heterocycles. The van der Waals surface area contributed by atoms with E-state index in [0.29, 0.717) is 5.76 Å². The third kappa shape index (κ3) is 5.75. The first-order valence-corrected chi connectivity index (χ1v) is 7.26. The Morgan fingerprint density at radius 1 is 1.55 bits per heavy atom. The summed E-state index contributed by atoms with van der Waals surface area (Å²) in [6.07, 6.45) is 8.12. The largest absolute Gasteiger partial charge is 0.539 e. The fourth-order valence-corrected chi connectivity index (χ4v) is 1.45. The smallest absolute Gasteiger partial charge is 0.243 e. The summed E-state index contributed by atoms with van der Waals surface area (Å²) in [6, 6.07) is 0. The van der Waals surface area contributed by atoms with Crippen molar-refractivity contribution in [2.24, 2.45) is 0 Å². The molecule has 0 aromatic heterocycles. The van der Waals surface area contributed by atoms with E-state index in [-0.39, 0.29) is 0 Å². The third-order valence-corrected chi connectivity index (χ3v) is 1.78. The summed E-state index contributed by atoms with van der Waals surface area (Å²) in [5, 5.41) is 0. The van der Waals surface area contributed by atoms with Gasteiger partial charge in [0.2, 0.25) is 8.32 Å². The first-order valence-electron chi connectivity index (χ1n) is 3.85. The molecule has 0 fully saturated rings. The molecular weight excluding hydrogens is 152 g/mol. The highest BCUT2D eigenvalue weighted by Crippen LogP contribution is 2.09. The summed E-state index contributed by atoms with van der Waals surface area (Å²) in [7, 11) is -1.49. The lowest BCUT2D eigenvalue weighted by atomic mass is 10.4. The number of hydrogen-bond acceptors (Lipinski definition) is 1. The topological polar surface area (TPSA) is 9.23 Å². The van der Waals surface area contributed by atoms with E-state index in [1.807, 2.05) is 13.0 Å². The van der Waals surface area contributed by atoms with E-state index in [1.54, 1.807) is 0 Å².